The Labute approximate surface area is 126 Å². The zero-order chi connectivity index (χ0) is 15.5. The maximum absolute atomic E-state index is 11.8. The van der Waals surface area contributed by atoms with Crippen molar-refractivity contribution in [3.05, 3.63) is 24.3 Å². The van der Waals surface area contributed by atoms with Gasteiger partial charge >= 0.3 is 0 Å². The summed E-state index contributed by atoms with van der Waals surface area (Å²) in [6.07, 6.45) is 2.45. The van der Waals surface area contributed by atoms with E-state index in [1.54, 1.807) is 19.1 Å². The van der Waals surface area contributed by atoms with E-state index in [0.717, 1.165) is 31.6 Å². The average Bonchev–Trinajstić information content (AvgIpc) is 2.47. The number of anilines is 1. The SMILES string of the molecule is CCS(=O)(=O)c1ccc(N2CCC[C@H](CC(N)=O)C2)cc1. The molecule has 116 valence electrons. The lowest BCUT2D eigenvalue weighted by atomic mass is 9.94. The van der Waals surface area contributed by atoms with E-state index < -0.39 is 9.84 Å². The van der Waals surface area contributed by atoms with E-state index in [-0.39, 0.29) is 17.6 Å². The predicted octanol–water partition coefficient (Wildman–Crippen LogP) is 1.57. The van der Waals surface area contributed by atoms with Gasteiger partial charge in [-0.1, -0.05) is 6.92 Å². The summed E-state index contributed by atoms with van der Waals surface area (Å²) in [5.74, 6) is 0.137. The van der Waals surface area contributed by atoms with Crippen molar-refractivity contribution in [3.63, 3.8) is 0 Å². The Morgan fingerprint density at radius 3 is 2.57 bits per heavy atom. The van der Waals surface area contributed by atoms with Crippen molar-refractivity contribution in [2.45, 2.75) is 31.1 Å². The third-order valence-electron chi connectivity index (χ3n) is 3.95. The number of piperidine rings is 1. The summed E-state index contributed by atoms with van der Waals surface area (Å²) in [6, 6.07) is 7.00. The fourth-order valence-corrected chi connectivity index (χ4v) is 3.67. The Hall–Kier alpha value is -1.56. The van der Waals surface area contributed by atoms with E-state index in [1.807, 2.05) is 12.1 Å². The molecule has 0 aromatic heterocycles. The molecule has 1 aliphatic heterocycles. The van der Waals surface area contributed by atoms with Gasteiger partial charge in [0.25, 0.3) is 0 Å². The van der Waals surface area contributed by atoms with Crippen molar-refractivity contribution >= 4 is 21.4 Å². The zero-order valence-electron chi connectivity index (χ0n) is 12.3. The number of nitrogens with zero attached hydrogens (tertiary/aromatic N) is 1. The number of rotatable bonds is 5. The number of carbonyl (C=O) groups excluding carboxylic acids is 1. The minimum atomic E-state index is -3.15. The number of amides is 1. The Morgan fingerprint density at radius 1 is 1.33 bits per heavy atom. The number of primary amides is 1. The molecular weight excluding hydrogens is 288 g/mol. The van der Waals surface area contributed by atoms with Crippen molar-refractivity contribution in [2.75, 3.05) is 23.7 Å². The van der Waals surface area contributed by atoms with Crippen LogP contribution in [-0.2, 0) is 14.6 Å². The van der Waals surface area contributed by atoms with Gasteiger partial charge in [-0.15, -0.1) is 0 Å². The molecule has 1 saturated heterocycles. The van der Waals surface area contributed by atoms with Gasteiger partial charge in [0, 0.05) is 25.2 Å². The molecule has 0 unspecified atom stereocenters. The van der Waals surface area contributed by atoms with Gasteiger partial charge in [-0.05, 0) is 43.0 Å². The number of sulfone groups is 1. The molecular formula is C15H22N2O3S. The molecule has 0 saturated carbocycles. The van der Waals surface area contributed by atoms with E-state index in [2.05, 4.69) is 4.90 Å². The normalized spacial score (nSPS) is 19.5. The molecule has 1 fully saturated rings. The molecule has 1 amide bonds. The highest BCUT2D eigenvalue weighted by Crippen LogP contribution is 2.26. The van der Waals surface area contributed by atoms with Crippen LogP contribution >= 0.6 is 0 Å². The van der Waals surface area contributed by atoms with Gasteiger partial charge in [-0.2, -0.15) is 0 Å². The van der Waals surface area contributed by atoms with Crippen molar-refractivity contribution in [2.24, 2.45) is 11.7 Å². The van der Waals surface area contributed by atoms with Crippen molar-refractivity contribution in [1.82, 2.24) is 0 Å². The lowest BCUT2D eigenvalue weighted by Gasteiger charge is -2.34. The Kier molecular flexibility index (Phi) is 4.88. The topological polar surface area (TPSA) is 80.5 Å². The van der Waals surface area contributed by atoms with Gasteiger partial charge in [-0.3, -0.25) is 4.79 Å². The summed E-state index contributed by atoms with van der Waals surface area (Å²) < 4.78 is 23.6. The quantitative estimate of drug-likeness (QED) is 0.895. The fourth-order valence-electron chi connectivity index (χ4n) is 2.78. The summed E-state index contributed by atoms with van der Waals surface area (Å²) >= 11 is 0. The van der Waals surface area contributed by atoms with E-state index in [0.29, 0.717) is 11.3 Å². The molecule has 2 N–H and O–H groups in total. The van der Waals surface area contributed by atoms with Gasteiger partial charge in [0.15, 0.2) is 9.84 Å². The van der Waals surface area contributed by atoms with E-state index in [1.165, 1.54) is 0 Å². The molecule has 0 aliphatic carbocycles. The monoisotopic (exact) mass is 310 g/mol. The highest BCUT2D eigenvalue weighted by atomic mass is 32.2. The smallest absolute Gasteiger partial charge is 0.217 e. The van der Waals surface area contributed by atoms with Crippen LogP contribution in [0.2, 0.25) is 0 Å². The molecule has 1 atom stereocenters. The number of benzene rings is 1. The van der Waals surface area contributed by atoms with E-state index >= 15 is 0 Å². The van der Waals surface area contributed by atoms with Crippen LogP contribution in [0.15, 0.2) is 29.2 Å². The molecule has 0 bridgehead atoms. The maximum Gasteiger partial charge on any atom is 0.217 e. The van der Waals surface area contributed by atoms with Gasteiger partial charge < -0.3 is 10.6 Å². The van der Waals surface area contributed by atoms with Crippen LogP contribution in [0.4, 0.5) is 5.69 Å². The lowest BCUT2D eigenvalue weighted by molar-refractivity contribution is -0.118. The summed E-state index contributed by atoms with van der Waals surface area (Å²) in [6.45, 7) is 3.36. The second-order valence-corrected chi connectivity index (χ2v) is 7.80. The largest absolute Gasteiger partial charge is 0.371 e. The zero-order valence-corrected chi connectivity index (χ0v) is 13.1. The summed E-state index contributed by atoms with van der Waals surface area (Å²) in [4.78, 5) is 13.6. The maximum atomic E-state index is 11.8. The van der Waals surface area contributed by atoms with Gasteiger partial charge in [-0.25, -0.2) is 8.42 Å². The first-order valence-corrected chi connectivity index (χ1v) is 8.93. The summed E-state index contributed by atoms with van der Waals surface area (Å²) in [5, 5.41) is 0. The summed E-state index contributed by atoms with van der Waals surface area (Å²) in [5.41, 5.74) is 6.27. The lowest BCUT2D eigenvalue weighted by Crippen LogP contribution is -2.37. The Bertz CT molecular complexity index is 596. The number of hydrogen-bond acceptors (Lipinski definition) is 4. The minimum absolute atomic E-state index is 0.108. The first-order chi connectivity index (χ1) is 9.92. The van der Waals surface area contributed by atoms with E-state index in [9.17, 15) is 13.2 Å². The third-order valence-corrected chi connectivity index (χ3v) is 5.70. The molecule has 21 heavy (non-hydrogen) atoms. The van der Waals surface area contributed by atoms with Gasteiger partial charge in [0.2, 0.25) is 5.91 Å². The highest BCUT2D eigenvalue weighted by molar-refractivity contribution is 7.91. The molecule has 1 heterocycles. The molecule has 1 aliphatic rings. The molecule has 0 radical (unpaired) electrons. The molecule has 1 aromatic rings. The Morgan fingerprint density at radius 2 is 2.00 bits per heavy atom. The van der Waals surface area contributed by atoms with Gasteiger partial charge in [0.05, 0.1) is 10.6 Å². The van der Waals surface area contributed by atoms with Crippen LogP contribution in [0.1, 0.15) is 26.2 Å². The number of hydrogen-bond donors (Lipinski definition) is 1. The molecule has 2 rings (SSSR count). The van der Waals surface area contributed by atoms with Crippen molar-refractivity contribution < 1.29 is 13.2 Å². The summed E-state index contributed by atoms with van der Waals surface area (Å²) in [7, 11) is -3.15. The van der Waals surface area contributed by atoms with Crippen LogP contribution < -0.4 is 10.6 Å². The molecule has 0 spiro atoms. The minimum Gasteiger partial charge on any atom is -0.371 e. The van der Waals surface area contributed by atoms with Crippen LogP contribution in [0, 0.1) is 5.92 Å². The van der Waals surface area contributed by atoms with Crippen LogP contribution in [-0.4, -0.2) is 33.2 Å². The number of carbonyl (C=O) groups is 1. The van der Waals surface area contributed by atoms with Crippen LogP contribution in [0.25, 0.3) is 0 Å². The van der Waals surface area contributed by atoms with E-state index in [4.69, 9.17) is 5.73 Å². The second-order valence-electron chi connectivity index (χ2n) is 5.52. The first-order valence-electron chi connectivity index (χ1n) is 7.28. The van der Waals surface area contributed by atoms with Crippen molar-refractivity contribution in [1.29, 1.82) is 0 Å². The van der Waals surface area contributed by atoms with Crippen LogP contribution in [0.3, 0.4) is 0 Å². The van der Waals surface area contributed by atoms with Crippen LogP contribution in [0.5, 0.6) is 0 Å². The van der Waals surface area contributed by atoms with Gasteiger partial charge in [0.1, 0.15) is 0 Å². The Balaban J connectivity index is 2.10. The number of nitrogens with two attached hydrogens (primary N) is 1. The molecule has 5 nitrogen and oxygen atoms in total. The fraction of sp³-hybridized carbons (Fsp3) is 0.533. The van der Waals surface area contributed by atoms with Crippen molar-refractivity contribution in [3.8, 4) is 0 Å². The third kappa shape index (κ3) is 3.97. The highest BCUT2D eigenvalue weighted by Gasteiger charge is 2.22. The predicted molar refractivity (Wildman–Crippen MR) is 82.9 cm³/mol. The average molecular weight is 310 g/mol. The second kappa shape index (κ2) is 6.47. The standard InChI is InChI=1S/C15H22N2O3S/c1-2-21(19,20)14-7-5-13(6-8-14)17-9-3-4-12(11-17)10-15(16)18/h5-8,12H,2-4,9-11H2,1H3,(H2,16,18)/t12-/m1/s1. The molecule has 1 aromatic carbocycles. The first kappa shape index (κ1) is 15.8. The molecule has 6 heteroatoms.